The standard InChI is InChI=1S/C31H36O7/c1-18-27(34)17-38-31(30(18)35)37-16-25-23(15-32)12-21-9-8-20(19-6-4-3-5-7-19)13-24(21)29(25)22-10-11-26(33)28(14-22)36-2/h3-11,13-14,18,23,25,27,29-35H,12,15-17H2,1-2H3/t18-,23+,25+,27+,29?,30+,31+/m0/s1. The monoisotopic (exact) mass is 520 g/mol. The first-order valence-electron chi connectivity index (χ1n) is 13.2. The second kappa shape index (κ2) is 11.4. The second-order valence-corrected chi connectivity index (χ2v) is 10.5. The van der Waals surface area contributed by atoms with E-state index in [1.807, 2.05) is 30.3 Å². The normalized spacial score (nSPS) is 29.0. The molecule has 2 aliphatic rings. The minimum Gasteiger partial charge on any atom is -0.504 e. The zero-order valence-electron chi connectivity index (χ0n) is 21.7. The molecule has 7 nitrogen and oxygen atoms in total. The van der Waals surface area contributed by atoms with Gasteiger partial charge >= 0.3 is 0 Å². The van der Waals surface area contributed by atoms with Gasteiger partial charge in [0.1, 0.15) is 6.10 Å². The Morgan fingerprint density at radius 1 is 0.974 bits per heavy atom. The summed E-state index contributed by atoms with van der Waals surface area (Å²) in [6, 6.07) is 22.0. The van der Waals surface area contributed by atoms with E-state index < -0.39 is 18.5 Å². The van der Waals surface area contributed by atoms with E-state index in [9.17, 15) is 20.4 Å². The summed E-state index contributed by atoms with van der Waals surface area (Å²) < 4.78 is 17.2. The molecule has 1 fully saturated rings. The van der Waals surface area contributed by atoms with Gasteiger partial charge in [0.15, 0.2) is 17.8 Å². The van der Waals surface area contributed by atoms with Gasteiger partial charge in [0.25, 0.3) is 0 Å². The molecule has 0 saturated carbocycles. The highest BCUT2D eigenvalue weighted by atomic mass is 16.7. The van der Waals surface area contributed by atoms with E-state index in [2.05, 4.69) is 30.3 Å². The molecule has 7 heteroatoms. The average Bonchev–Trinajstić information content (AvgIpc) is 2.95. The molecule has 38 heavy (non-hydrogen) atoms. The number of phenolic OH excluding ortho intramolecular Hbond substituents is 1. The van der Waals surface area contributed by atoms with Crippen molar-refractivity contribution in [3.63, 3.8) is 0 Å². The van der Waals surface area contributed by atoms with E-state index in [1.54, 1.807) is 13.0 Å². The lowest BCUT2D eigenvalue weighted by Crippen LogP contribution is -2.50. The van der Waals surface area contributed by atoms with Crippen LogP contribution in [0.4, 0.5) is 0 Å². The Hall–Kier alpha value is -2.94. The number of hydrogen-bond acceptors (Lipinski definition) is 7. The van der Waals surface area contributed by atoms with Gasteiger partial charge in [-0.15, -0.1) is 0 Å². The maximum atomic E-state index is 10.7. The Balaban J connectivity index is 1.55. The SMILES string of the molecule is COc1cc(C2c3cc(-c4ccccc4)ccc3C[C@H](CO)[C@H]2CO[C@@H]2OC[C@@H](O)[C@H](C)[C@H]2O)ccc1O. The molecule has 3 aromatic rings. The fourth-order valence-electron chi connectivity index (χ4n) is 5.84. The first-order valence-corrected chi connectivity index (χ1v) is 13.2. The van der Waals surface area contributed by atoms with Crippen LogP contribution in [0.3, 0.4) is 0 Å². The van der Waals surface area contributed by atoms with Gasteiger partial charge in [-0.3, -0.25) is 0 Å². The zero-order chi connectivity index (χ0) is 26.8. The van der Waals surface area contributed by atoms with Gasteiger partial charge in [-0.1, -0.05) is 61.5 Å². The van der Waals surface area contributed by atoms with Crippen LogP contribution in [0, 0.1) is 17.8 Å². The van der Waals surface area contributed by atoms with Crippen molar-refractivity contribution < 1.29 is 34.6 Å². The number of rotatable bonds is 7. The van der Waals surface area contributed by atoms with E-state index in [0.717, 1.165) is 27.8 Å². The minimum absolute atomic E-state index is 0.0250. The Morgan fingerprint density at radius 3 is 2.50 bits per heavy atom. The van der Waals surface area contributed by atoms with Gasteiger partial charge in [-0.05, 0) is 58.2 Å². The second-order valence-electron chi connectivity index (χ2n) is 10.5. The molecule has 0 amide bonds. The average molecular weight is 521 g/mol. The van der Waals surface area contributed by atoms with E-state index in [0.29, 0.717) is 12.2 Å². The molecule has 0 spiro atoms. The lowest BCUT2D eigenvalue weighted by molar-refractivity contribution is -0.259. The molecule has 202 valence electrons. The molecule has 3 aromatic carbocycles. The van der Waals surface area contributed by atoms with Gasteiger partial charge in [-0.2, -0.15) is 0 Å². The summed E-state index contributed by atoms with van der Waals surface area (Å²) in [6.07, 6.45) is -1.88. The first-order chi connectivity index (χ1) is 18.4. The Morgan fingerprint density at radius 2 is 1.76 bits per heavy atom. The van der Waals surface area contributed by atoms with Gasteiger partial charge in [0.2, 0.25) is 0 Å². The smallest absolute Gasteiger partial charge is 0.183 e. The summed E-state index contributed by atoms with van der Waals surface area (Å²) in [5.41, 5.74) is 5.43. The van der Waals surface area contributed by atoms with E-state index in [4.69, 9.17) is 14.2 Å². The van der Waals surface area contributed by atoms with Gasteiger partial charge in [-0.25, -0.2) is 0 Å². The summed E-state index contributed by atoms with van der Waals surface area (Å²) in [6.45, 7) is 2.08. The summed E-state index contributed by atoms with van der Waals surface area (Å²) in [5, 5.41) is 41.4. The van der Waals surface area contributed by atoms with Crippen LogP contribution < -0.4 is 4.74 Å². The largest absolute Gasteiger partial charge is 0.504 e. The summed E-state index contributed by atoms with van der Waals surface area (Å²) in [7, 11) is 1.52. The molecule has 1 heterocycles. The highest BCUT2D eigenvalue weighted by molar-refractivity contribution is 5.66. The highest BCUT2D eigenvalue weighted by Gasteiger charge is 2.41. The van der Waals surface area contributed by atoms with E-state index >= 15 is 0 Å². The molecule has 0 aromatic heterocycles. The molecule has 1 aliphatic heterocycles. The van der Waals surface area contributed by atoms with Crippen molar-refractivity contribution in [3.8, 4) is 22.6 Å². The topological polar surface area (TPSA) is 109 Å². The zero-order valence-corrected chi connectivity index (χ0v) is 21.7. The van der Waals surface area contributed by atoms with Gasteiger partial charge in [0, 0.05) is 18.4 Å². The summed E-state index contributed by atoms with van der Waals surface area (Å²) >= 11 is 0. The molecule has 1 saturated heterocycles. The maximum absolute atomic E-state index is 10.7. The molecule has 4 N–H and O–H groups in total. The number of benzene rings is 3. The molecule has 7 atom stereocenters. The number of phenols is 1. The van der Waals surface area contributed by atoms with Crippen LogP contribution in [-0.4, -0.2) is 65.9 Å². The number of aromatic hydroxyl groups is 1. The Kier molecular flexibility index (Phi) is 8.02. The summed E-state index contributed by atoms with van der Waals surface area (Å²) in [5.74, 6) is -0.354. The lowest BCUT2D eigenvalue weighted by Gasteiger charge is -2.42. The number of fused-ring (bicyclic) bond motifs is 1. The van der Waals surface area contributed by atoms with Crippen LogP contribution in [0.5, 0.6) is 11.5 Å². The quantitative estimate of drug-likeness (QED) is 0.376. The van der Waals surface area contributed by atoms with Gasteiger partial charge in [0.05, 0.1) is 26.4 Å². The first kappa shape index (κ1) is 26.7. The lowest BCUT2D eigenvalue weighted by atomic mass is 9.66. The third-order valence-corrected chi connectivity index (χ3v) is 8.21. The number of hydrogen-bond donors (Lipinski definition) is 4. The molecule has 0 bridgehead atoms. The summed E-state index contributed by atoms with van der Waals surface area (Å²) in [4.78, 5) is 0. The molecule has 1 aliphatic carbocycles. The van der Waals surface area contributed by atoms with E-state index in [1.165, 1.54) is 7.11 Å². The predicted molar refractivity (Wildman–Crippen MR) is 143 cm³/mol. The number of aliphatic hydroxyl groups is 3. The van der Waals surface area contributed by atoms with Crippen LogP contribution in [0.25, 0.3) is 11.1 Å². The van der Waals surface area contributed by atoms with Crippen LogP contribution in [0.2, 0.25) is 0 Å². The van der Waals surface area contributed by atoms with Crippen molar-refractivity contribution in [3.05, 3.63) is 83.4 Å². The van der Waals surface area contributed by atoms with Crippen LogP contribution in [-0.2, 0) is 15.9 Å². The number of methoxy groups -OCH3 is 1. The third-order valence-electron chi connectivity index (χ3n) is 8.21. The Bertz CT molecular complexity index is 1230. The van der Waals surface area contributed by atoms with Crippen molar-refractivity contribution in [2.75, 3.05) is 26.9 Å². The number of aliphatic hydroxyl groups excluding tert-OH is 3. The van der Waals surface area contributed by atoms with Crippen molar-refractivity contribution in [2.45, 2.75) is 37.8 Å². The van der Waals surface area contributed by atoms with Crippen LogP contribution in [0.1, 0.15) is 29.5 Å². The minimum atomic E-state index is -0.959. The number of ether oxygens (including phenoxy) is 3. The van der Waals surface area contributed by atoms with Crippen LogP contribution in [0.15, 0.2) is 66.7 Å². The van der Waals surface area contributed by atoms with Crippen molar-refractivity contribution in [2.24, 2.45) is 17.8 Å². The fourth-order valence-corrected chi connectivity index (χ4v) is 5.84. The fraction of sp³-hybridized carbons (Fsp3) is 0.419. The van der Waals surface area contributed by atoms with Crippen molar-refractivity contribution >= 4 is 0 Å². The van der Waals surface area contributed by atoms with E-state index in [-0.39, 0.29) is 49.2 Å². The predicted octanol–water partition coefficient (Wildman–Crippen LogP) is 3.71. The van der Waals surface area contributed by atoms with Gasteiger partial charge < -0.3 is 34.6 Å². The van der Waals surface area contributed by atoms with Crippen LogP contribution >= 0.6 is 0 Å². The van der Waals surface area contributed by atoms with Crippen molar-refractivity contribution in [1.82, 2.24) is 0 Å². The highest BCUT2D eigenvalue weighted by Crippen LogP contribution is 2.47. The van der Waals surface area contributed by atoms with Crippen molar-refractivity contribution in [1.29, 1.82) is 0 Å². The Labute approximate surface area is 223 Å². The maximum Gasteiger partial charge on any atom is 0.183 e. The molecular formula is C31H36O7. The molecule has 5 rings (SSSR count). The molecule has 0 radical (unpaired) electrons. The third kappa shape index (κ3) is 5.17. The molecular weight excluding hydrogens is 484 g/mol. The molecule has 1 unspecified atom stereocenters.